The summed E-state index contributed by atoms with van der Waals surface area (Å²) in [7, 11) is 0. The monoisotopic (exact) mass is 324 g/mol. The molecule has 0 atom stereocenters. The molecule has 2 aromatic rings. The lowest BCUT2D eigenvalue weighted by Gasteiger charge is -2.04. The van der Waals surface area contributed by atoms with Crippen LogP contribution in [-0.2, 0) is 6.54 Å². The SMILES string of the molecule is Br.Cc1cc(C)n(-c2ccc(CN=C(N)N)cn2)n1. The minimum atomic E-state index is 0. The van der Waals surface area contributed by atoms with Crippen LogP contribution in [0.15, 0.2) is 29.4 Å². The van der Waals surface area contributed by atoms with Gasteiger partial charge in [0.1, 0.15) is 0 Å². The molecule has 6 nitrogen and oxygen atoms in total. The van der Waals surface area contributed by atoms with Gasteiger partial charge in [-0.1, -0.05) is 6.07 Å². The quantitative estimate of drug-likeness (QED) is 0.655. The Morgan fingerprint density at radius 3 is 2.53 bits per heavy atom. The molecule has 0 aliphatic rings. The molecule has 2 rings (SSSR count). The van der Waals surface area contributed by atoms with Crippen molar-refractivity contribution < 1.29 is 0 Å². The molecule has 0 amide bonds. The maximum atomic E-state index is 5.28. The Labute approximate surface area is 122 Å². The lowest BCUT2D eigenvalue weighted by atomic mass is 10.3. The summed E-state index contributed by atoms with van der Waals surface area (Å²) in [6.45, 7) is 4.39. The fraction of sp³-hybridized carbons (Fsp3) is 0.250. The van der Waals surface area contributed by atoms with Gasteiger partial charge >= 0.3 is 0 Å². The van der Waals surface area contributed by atoms with Crippen LogP contribution >= 0.6 is 17.0 Å². The van der Waals surface area contributed by atoms with Crippen molar-refractivity contribution in [3.8, 4) is 5.82 Å². The Hall–Kier alpha value is -1.89. The molecule has 102 valence electrons. The van der Waals surface area contributed by atoms with Crippen molar-refractivity contribution in [2.75, 3.05) is 0 Å². The average Bonchev–Trinajstić information content (AvgIpc) is 2.66. The molecule has 7 heteroatoms. The second-order valence-electron chi connectivity index (χ2n) is 4.10. The second kappa shape index (κ2) is 6.33. The van der Waals surface area contributed by atoms with E-state index in [4.69, 9.17) is 11.5 Å². The Bertz CT molecular complexity index is 568. The van der Waals surface area contributed by atoms with E-state index in [1.54, 1.807) is 10.9 Å². The largest absolute Gasteiger partial charge is 0.370 e. The lowest BCUT2D eigenvalue weighted by Crippen LogP contribution is -2.22. The van der Waals surface area contributed by atoms with E-state index >= 15 is 0 Å². The fourth-order valence-electron chi connectivity index (χ4n) is 1.68. The highest BCUT2D eigenvalue weighted by Crippen LogP contribution is 2.10. The number of hydrogen-bond donors (Lipinski definition) is 2. The minimum Gasteiger partial charge on any atom is -0.370 e. The van der Waals surface area contributed by atoms with Gasteiger partial charge in [0, 0.05) is 11.9 Å². The summed E-state index contributed by atoms with van der Waals surface area (Å²) in [6, 6.07) is 5.84. The highest BCUT2D eigenvalue weighted by Gasteiger charge is 2.04. The molecule has 2 aromatic heterocycles. The van der Waals surface area contributed by atoms with Crippen molar-refractivity contribution in [3.05, 3.63) is 41.3 Å². The highest BCUT2D eigenvalue weighted by molar-refractivity contribution is 8.93. The van der Waals surface area contributed by atoms with Crippen LogP contribution in [-0.4, -0.2) is 20.7 Å². The number of aromatic nitrogens is 3. The summed E-state index contributed by atoms with van der Waals surface area (Å²) < 4.78 is 1.81. The van der Waals surface area contributed by atoms with E-state index in [0.717, 1.165) is 22.8 Å². The van der Waals surface area contributed by atoms with Gasteiger partial charge in [-0.05, 0) is 31.5 Å². The van der Waals surface area contributed by atoms with E-state index in [1.165, 1.54) is 0 Å². The van der Waals surface area contributed by atoms with Crippen molar-refractivity contribution in [3.63, 3.8) is 0 Å². The van der Waals surface area contributed by atoms with E-state index < -0.39 is 0 Å². The molecule has 0 radical (unpaired) electrons. The van der Waals surface area contributed by atoms with E-state index in [0.29, 0.717) is 6.54 Å². The molecule has 0 aromatic carbocycles. The molecular formula is C12H17BrN6. The van der Waals surface area contributed by atoms with Crippen LogP contribution in [0, 0.1) is 13.8 Å². The zero-order chi connectivity index (χ0) is 13.1. The normalized spacial score (nSPS) is 9.79. The van der Waals surface area contributed by atoms with Crippen LogP contribution in [0.5, 0.6) is 0 Å². The predicted molar refractivity (Wildman–Crippen MR) is 80.7 cm³/mol. The first kappa shape index (κ1) is 15.2. The van der Waals surface area contributed by atoms with Crippen LogP contribution < -0.4 is 11.5 Å². The molecule has 0 spiro atoms. The number of nitrogens with two attached hydrogens (primary N) is 2. The van der Waals surface area contributed by atoms with Crippen LogP contribution in [0.2, 0.25) is 0 Å². The summed E-state index contributed by atoms with van der Waals surface area (Å²) in [5.74, 6) is 0.867. The van der Waals surface area contributed by atoms with E-state index in [1.807, 2.05) is 32.0 Å². The van der Waals surface area contributed by atoms with Crippen LogP contribution in [0.4, 0.5) is 0 Å². The molecule has 2 heterocycles. The first-order chi connectivity index (χ1) is 8.56. The smallest absolute Gasteiger partial charge is 0.186 e. The van der Waals surface area contributed by atoms with Crippen molar-refractivity contribution in [2.24, 2.45) is 16.5 Å². The van der Waals surface area contributed by atoms with Gasteiger partial charge in [-0.3, -0.25) is 0 Å². The van der Waals surface area contributed by atoms with Crippen LogP contribution in [0.25, 0.3) is 5.82 Å². The molecule has 0 saturated carbocycles. The molecule has 19 heavy (non-hydrogen) atoms. The number of nitrogens with zero attached hydrogens (tertiary/aromatic N) is 4. The second-order valence-corrected chi connectivity index (χ2v) is 4.10. The molecular weight excluding hydrogens is 308 g/mol. The summed E-state index contributed by atoms with van der Waals surface area (Å²) >= 11 is 0. The molecule has 0 unspecified atom stereocenters. The predicted octanol–water partition coefficient (Wildman–Crippen LogP) is 1.24. The zero-order valence-corrected chi connectivity index (χ0v) is 12.6. The van der Waals surface area contributed by atoms with Gasteiger partial charge < -0.3 is 11.5 Å². The number of pyridine rings is 1. The van der Waals surface area contributed by atoms with Gasteiger partial charge in [0.15, 0.2) is 11.8 Å². The molecule has 0 fully saturated rings. The van der Waals surface area contributed by atoms with Crippen molar-refractivity contribution >= 4 is 22.9 Å². The number of guanidine groups is 1. The Kier molecular flexibility index (Phi) is 5.05. The number of aliphatic imine (C=N–C) groups is 1. The number of halogens is 1. The zero-order valence-electron chi connectivity index (χ0n) is 10.9. The summed E-state index contributed by atoms with van der Waals surface area (Å²) in [5, 5.41) is 4.37. The highest BCUT2D eigenvalue weighted by atomic mass is 79.9. The fourth-order valence-corrected chi connectivity index (χ4v) is 1.68. The van der Waals surface area contributed by atoms with E-state index in [9.17, 15) is 0 Å². The van der Waals surface area contributed by atoms with E-state index in [-0.39, 0.29) is 22.9 Å². The van der Waals surface area contributed by atoms with E-state index in [2.05, 4.69) is 15.1 Å². The minimum absolute atomic E-state index is 0. The molecule has 4 N–H and O–H groups in total. The van der Waals surface area contributed by atoms with Gasteiger partial charge in [0.25, 0.3) is 0 Å². The summed E-state index contributed by atoms with van der Waals surface area (Å²) in [4.78, 5) is 8.28. The number of rotatable bonds is 3. The third-order valence-corrected chi connectivity index (χ3v) is 2.48. The summed E-state index contributed by atoms with van der Waals surface area (Å²) in [5.41, 5.74) is 13.5. The Morgan fingerprint density at radius 2 is 2.05 bits per heavy atom. The third-order valence-electron chi connectivity index (χ3n) is 2.48. The summed E-state index contributed by atoms with van der Waals surface area (Å²) in [6.07, 6.45) is 1.75. The van der Waals surface area contributed by atoms with Crippen LogP contribution in [0.1, 0.15) is 17.0 Å². The first-order valence-corrected chi connectivity index (χ1v) is 5.60. The average molecular weight is 325 g/mol. The van der Waals surface area contributed by atoms with Gasteiger partial charge in [-0.15, -0.1) is 17.0 Å². The molecule has 0 saturated heterocycles. The standard InChI is InChI=1S/C12H16N6.BrH/c1-8-5-9(2)18(17-8)11-4-3-10(6-15-11)7-16-12(13)14;/h3-6H,7H2,1-2H3,(H4,13,14,16);1H. The van der Waals surface area contributed by atoms with Crippen LogP contribution in [0.3, 0.4) is 0 Å². The topological polar surface area (TPSA) is 95.1 Å². The molecule has 0 bridgehead atoms. The maximum absolute atomic E-state index is 5.28. The molecule has 0 aliphatic heterocycles. The lowest BCUT2D eigenvalue weighted by molar-refractivity contribution is 0.803. The van der Waals surface area contributed by atoms with Gasteiger partial charge in [-0.2, -0.15) is 5.10 Å². The Balaban J connectivity index is 0.00000180. The van der Waals surface area contributed by atoms with Gasteiger partial charge in [0.2, 0.25) is 0 Å². The van der Waals surface area contributed by atoms with Gasteiger partial charge in [-0.25, -0.2) is 14.7 Å². The third kappa shape index (κ3) is 3.78. The Morgan fingerprint density at radius 1 is 1.32 bits per heavy atom. The van der Waals surface area contributed by atoms with Crippen molar-refractivity contribution in [1.82, 2.24) is 14.8 Å². The van der Waals surface area contributed by atoms with Crippen molar-refractivity contribution in [2.45, 2.75) is 20.4 Å². The van der Waals surface area contributed by atoms with Gasteiger partial charge in [0.05, 0.1) is 12.2 Å². The van der Waals surface area contributed by atoms with Crippen molar-refractivity contribution in [1.29, 1.82) is 0 Å². The first-order valence-electron chi connectivity index (χ1n) is 5.60. The molecule has 0 aliphatic carbocycles. The number of aryl methyl sites for hydroxylation is 2. The maximum Gasteiger partial charge on any atom is 0.186 e. The number of hydrogen-bond acceptors (Lipinski definition) is 3.